The summed E-state index contributed by atoms with van der Waals surface area (Å²) in [6.45, 7) is 9.21. The van der Waals surface area contributed by atoms with Crippen molar-refractivity contribution in [3.63, 3.8) is 0 Å². The zero-order valence-corrected chi connectivity index (χ0v) is 15.6. The molecule has 26 heavy (non-hydrogen) atoms. The van der Waals surface area contributed by atoms with Gasteiger partial charge in [0.2, 0.25) is 0 Å². The molecule has 134 valence electrons. The van der Waals surface area contributed by atoms with Gasteiger partial charge in [-0.05, 0) is 50.1 Å². The summed E-state index contributed by atoms with van der Waals surface area (Å²) in [5, 5.41) is 0. The number of amides is 1. The lowest BCUT2D eigenvalue weighted by Crippen LogP contribution is -2.49. The molecule has 5 nitrogen and oxygen atoms in total. The minimum Gasteiger partial charge on any atom is -0.368 e. The fourth-order valence-corrected chi connectivity index (χ4v) is 3.72. The first-order valence-corrected chi connectivity index (χ1v) is 9.10. The Morgan fingerprint density at radius 1 is 1.00 bits per heavy atom. The quantitative estimate of drug-likeness (QED) is 0.714. The maximum Gasteiger partial charge on any atom is 0.272 e. The Bertz CT molecular complexity index is 967. The van der Waals surface area contributed by atoms with E-state index in [0.29, 0.717) is 5.69 Å². The second kappa shape index (κ2) is 6.48. The molecule has 3 aromatic rings. The summed E-state index contributed by atoms with van der Waals surface area (Å²) in [7, 11) is 0. The van der Waals surface area contributed by atoms with Crippen LogP contribution in [0, 0.1) is 20.8 Å². The molecule has 0 radical (unpaired) electrons. The van der Waals surface area contributed by atoms with E-state index in [2.05, 4.69) is 41.1 Å². The maximum atomic E-state index is 13.2. The van der Waals surface area contributed by atoms with Crippen LogP contribution in [0.15, 0.2) is 42.6 Å². The van der Waals surface area contributed by atoms with Crippen molar-refractivity contribution in [1.82, 2.24) is 14.3 Å². The molecule has 0 saturated carbocycles. The van der Waals surface area contributed by atoms with E-state index in [1.165, 1.54) is 11.3 Å². The van der Waals surface area contributed by atoms with Gasteiger partial charge >= 0.3 is 0 Å². The molecule has 0 unspecified atom stereocenters. The molecule has 4 rings (SSSR count). The van der Waals surface area contributed by atoms with Crippen molar-refractivity contribution >= 4 is 17.2 Å². The van der Waals surface area contributed by atoms with Gasteiger partial charge in [0.1, 0.15) is 11.3 Å². The van der Waals surface area contributed by atoms with Crippen LogP contribution in [-0.4, -0.2) is 46.4 Å². The number of anilines is 1. The molecule has 1 amide bonds. The van der Waals surface area contributed by atoms with Gasteiger partial charge in [0.25, 0.3) is 5.91 Å². The fourth-order valence-electron chi connectivity index (χ4n) is 3.72. The number of carbonyl (C=O) groups is 1. The minimum absolute atomic E-state index is 0.0736. The number of benzene rings is 1. The molecule has 1 aliphatic rings. The molecule has 1 aromatic carbocycles. The van der Waals surface area contributed by atoms with Gasteiger partial charge in [0.15, 0.2) is 0 Å². The smallest absolute Gasteiger partial charge is 0.272 e. The lowest BCUT2D eigenvalue weighted by atomic mass is 10.2. The summed E-state index contributed by atoms with van der Waals surface area (Å²) < 4.78 is 1.93. The van der Waals surface area contributed by atoms with E-state index < -0.39 is 0 Å². The number of pyridine rings is 1. The van der Waals surface area contributed by atoms with Gasteiger partial charge in [0, 0.05) is 38.1 Å². The monoisotopic (exact) mass is 348 g/mol. The third kappa shape index (κ3) is 2.83. The van der Waals surface area contributed by atoms with E-state index in [0.717, 1.165) is 43.1 Å². The van der Waals surface area contributed by atoms with Crippen LogP contribution in [0.1, 0.15) is 27.3 Å². The van der Waals surface area contributed by atoms with Gasteiger partial charge in [-0.1, -0.05) is 18.2 Å². The van der Waals surface area contributed by atoms with Gasteiger partial charge < -0.3 is 9.80 Å². The van der Waals surface area contributed by atoms with E-state index in [1.807, 2.05) is 41.5 Å². The van der Waals surface area contributed by atoms with E-state index in [9.17, 15) is 4.79 Å². The first-order valence-electron chi connectivity index (χ1n) is 9.10. The van der Waals surface area contributed by atoms with Crippen LogP contribution in [-0.2, 0) is 0 Å². The van der Waals surface area contributed by atoms with Gasteiger partial charge in [-0.15, -0.1) is 0 Å². The number of fused-ring (bicyclic) bond motifs is 1. The highest BCUT2D eigenvalue weighted by Gasteiger charge is 2.26. The van der Waals surface area contributed by atoms with Crippen molar-refractivity contribution in [2.24, 2.45) is 0 Å². The summed E-state index contributed by atoms with van der Waals surface area (Å²) in [5.74, 6) is 0.0736. The Labute approximate surface area is 153 Å². The summed E-state index contributed by atoms with van der Waals surface area (Å²) in [6, 6.07) is 12.5. The predicted molar refractivity (Wildman–Crippen MR) is 104 cm³/mol. The number of carbonyl (C=O) groups excluding carboxylic acids is 1. The van der Waals surface area contributed by atoms with Crippen molar-refractivity contribution in [3.8, 4) is 0 Å². The average molecular weight is 348 g/mol. The molecule has 0 spiro atoms. The molecule has 0 N–H and O–H groups in total. The second-order valence-corrected chi connectivity index (χ2v) is 7.05. The fraction of sp³-hybridized carbons (Fsp3) is 0.333. The number of aryl methyl sites for hydroxylation is 3. The second-order valence-electron chi connectivity index (χ2n) is 7.05. The number of piperazine rings is 1. The lowest BCUT2D eigenvalue weighted by molar-refractivity contribution is 0.0739. The zero-order valence-electron chi connectivity index (χ0n) is 15.6. The average Bonchev–Trinajstić information content (AvgIpc) is 2.99. The number of hydrogen-bond acceptors (Lipinski definition) is 3. The first kappa shape index (κ1) is 16.6. The maximum absolute atomic E-state index is 13.2. The molecular weight excluding hydrogens is 324 g/mol. The summed E-state index contributed by atoms with van der Waals surface area (Å²) in [6.07, 6.45) is 1.93. The van der Waals surface area contributed by atoms with Crippen LogP contribution in [0.5, 0.6) is 0 Å². The van der Waals surface area contributed by atoms with Crippen molar-refractivity contribution in [2.75, 3.05) is 31.1 Å². The number of nitrogens with zero attached hydrogens (tertiary/aromatic N) is 4. The van der Waals surface area contributed by atoms with Gasteiger partial charge in [-0.25, -0.2) is 4.98 Å². The highest BCUT2D eigenvalue weighted by atomic mass is 16.2. The largest absolute Gasteiger partial charge is 0.368 e. The molecule has 1 aliphatic heterocycles. The number of rotatable bonds is 2. The van der Waals surface area contributed by atoms with Crippen molar-refractivity contribution in [1.29, 1.82) is 0 Å². The van der Waals surface area contributed by atoms with E-state index in [4.69, 9.17) is 0 Å². The normalized spacial score (nSPS) is 14.9. The third-order valence-corrected chi connectivity index (χ3v) is 5.16. The lowest BCUT2D eigenvalue weighted by Gasteiger charge is -2.36. The van der Waals surface area contributed by atoms with Crippen LogP contribution >= 0.6 is 0 Å². The molecule has 1 saturated heterocycles. The number of hydrogen-bond donors (Lipinski definition) is 0. The Kier molecular flexibility index (Phi) is 4.15. The Morgan fingerprint density at radius 3 is 2.50 bits per heavy atom. The van der Waals surface area contributed by atoms with Gasteiger partial charge in [0.05, 0.1) is 5.69 Å². The Hall–Kier alpha value is -2.82. The molecule has 5 heteroatoms. The molecule has 0 aliphatic carbocycles. The summed E-state index contributed by atoms with van der Waals surface area (Å²) in [5.41, 5.74) is 5.93. The number of imidazole rings is 1. The molecule has 1 fully saturated rings. The molecular formula is C21H24N4O. The topological polar surface area (TPSA) is 40.8 Å². The van der Waals surface area contributed by atoms with Crippen LogP contribution in [0.3, 0.4) is 0 Å². The number of aromatic nitrogens is 2. The van der Waals surface area contributed by atoms with Crippen molar-refractivity contribution < 1.29 is 4.79 Å². The predicted octanol–water partition coefficient (Wildman–Crippen LogP) is 3.22. The third-order valence-electron chi connectivity index (χ3n) is 5.16. The summed E-state index contributed by atoms with van der Waals surface area (Å²) >= 11 is 0. The Balaban J connectivity index is 1.54. The Morgan fingerprint density at radius 2 is 1.77 bits per heavy atom. The van der Waals surface area contributed by atoms with Gasteiger partial charge in [-0.2, -0.15) is 0 Å². The highest BCUT2D eigenvalue weighted by Crippen LogP contribution is 2.21. The van der Waals surface area contributed by atoms with E-state index in [1.54, 1.807) is 0 Å². The first-order chi connectivity index (χ1) is 12.5. The van der Waals surface area contributed by atoms with Crippen LogP contribution in [0.25, 0.3) is 5.65 Å². The molecule has 0 bridgehead atoms. The minimum atomic E-state index is 0.0736. The zero-order chi connectivity index (χ0) is 18.3. The molecule has 2 aromatic heterocycles. The van der Waals surface area contributed by atoms with Crippen LogP contribution in [0.4, 0.5) is 5.69 Å². The van der Waals surface area contributed by atoms with Crippen LogP contribution in [0.2, 0.25) is 0 Å². The SMILES string of the molecule is Cc1cccc(N2CCN(C(=O)c3c(C)nc4c(C)cccn34)CC2)c1. The standard InChI is InChI=1S/C21H24N4O/c1-15-6-4-8-18(14-15)23-10-12-24(13-11-23)21(26)19-17(3)22-20-16(2)7-5-9-25(19)20/h4-9,14H,10-13H2,1-3H3. The van der Waals surface area contributed by atoms with Crippen molar-refractivity contribution in [2.45, 2.75) is 20.8 Å². The highest BCUT2D eigenvalue weighted by molar-refractivity contribution is 5.95. The van der Waals surface area contributed by atoms with Crippen LogP contribution < -0.4 is 4.90 Å². The molecule has 3 heterocycles. The van der Waals surface area contributed by atoms with Crippen molar-refractivity contribution in [3.05, 3.63) is 65.1 Å². The molecule has 0 atom stereocenters. The van der Waals surface area contributed by atoms with E-state index in [-0.39, 0.29) is 5.91 Å². The summed E-state index contributed by atoms with van der Waals surface area (Å²) in [4.78, 5) is 22.1. The van der Waals surface area contributed by atoms with Gasteiger partial charge in [-0.3, -0.25) is 9.20 Å². The van der Waals surface area contributed by atoms with E-state index >= 15 is 0 Å².